The van der Waals surface area contributed by atoms with Crippen LogP contribution in [0, 0.1) is 5.82 Å². The van der Waals surface area contributed by atoms with Crippen LogP contribution >= 0.6 is 11.6 Å². The lowest BCUT2D eigenvalue weighted by Crippen LogP contribution is -2.15. The van der Waals surface area contributed by atoms with Gasteiger partial charge in [0.1, 0.15) is 15.9 Å². The number of pyridine rings is 1. The summed E-state index contributed by atoms with van der Waals surface area (Å²) < 4.78 is 39.2. The van der Waals surface area contributed by atoms with E-state index in [0.29, 0.717) is 0 Å². The highest BCUT2D eigenvalue weighted by Crippen LogP contribution is 2.22. The van der Waals surface area contributed by atoms with Gasteiger partial charge in [0.25, 0.3) is 10.0 Å². The van der Waals surface area contributed by atoms with Crippen molar-refractivity contribution in [3.63, 3.8) is 0 Å². The summed E-state index contributed by atoms with van der Waals surface area (Å²) >= 11 is 5.59. The topological polar surface area (TPSA) is 85.1 Å². The summed E-state index contributed by atoms with van der Waals surface area (Å²) in [5.74, 6) is -0.607. The first-order chi connectivity index (χ1) is 8.88. The molecule has 0 saturated carbocycles. The summed E-state index contributed by atoms with van der Waals surface area (Å²) in [5, 5.41) is 0.240. The summed E-state index contributed by atoms with van der Waals surface area (Å²) in [5.41, 5.74) is 5.55. The van der Waals surface area contributed by atoms with E-state index in [2.05, 4.69) is 9.71 Å². The number of nitrogen functional groups attached to an aromatic ring is 1. The number of nitrogens with two attached hydrogens (primary N) is 1. The Labute approximate surface area is 114 Å². The fourth-order valence-electron chi connectivity index (χ4n) is 1.41. The predicted octanol–water partition coefficient (Wildman–Crippen LogP) is 2.26. The minimum Gasteiger partial charge on any atom is -0.398 e. The Bertz CT molecular complexity index is 704. The van der Waals surface area contributed by atoms with E-state index in [1.54, 1.807) is 0 Å². The Morgan fingerprint density at radius 3 is 2.58 bits per heavy atom. The van der Waals surface area contributed by atoms with Gasteiger partial charge in [-0.3, -0.25) is 4.72 Å². The largest absolute Gasteiger partial charge is 0.398 e. The summed E-state index contributed by atoms with van der Waals surface area (Å²) in [6, 6.07) is 5.94. The fourth-order valence-corrected chi connectivity index (χ4v) is 2.68. The van der Waals surface area contributed by atoms with E-state index >= 15 is 0 Å². The second kappa shape index (κ2) is 5.02. The van der Waals surface area contributed by atoms with E-state index in [9.17, 15) is 12.8 Å². The minimum atomic E-state index is -3.90. The van der Waals surface area contributed by atoms with Crippen LogP contribution in [-0.2, 0) is 10.0 Å². The van der Waals surface area contributed by atoms with Crippen molar-refractivity contribution in [3.8, 4) is 0 Å². The molecule has 1 heterocycles. The molecular formula is C11H9ClFN3O2S. The standard InChI is InChI=1S/C11H9ClFN3O2S/c12-11-4-2-8(6-15-11)16-19(17,18)10-3-1-7(13)5-9(10)14/h1-6,16H,14H2. The van der Waals surface area contributed by atoms with E-state index in [1.807, 2.05) is 0 Å². The number of hydrogen-bond donors (Lipinski definition) is 2. The molecule has 0 spiro atoms. The van der Waals surface area contributed by atoms with Crippen molar-refractivity contribution in [1.29, 1.82) is 0 Å². The maximum absolute atomic E-state index is 12.9. The van der Waals surface area contributed by atoms with E-state index in [1.165, 1.54) is 18.3 Å². The number of anilines is 2. The van der Waals surface area contributed by atoms with Crippen LogP contribution < -0.4 is 10.5 Å². The summed E-state index contributed by atoms with van der Waals surface area (Å²) in [6.07, 6.45) is 1.26. The Hall–Kier alpha value is -1.86. The summed E-state index contributed by atoms with van der Waals surface area (Å²) in [7, 11) is -3.90. The van der Waals surface area contributed by atoms with Crippen LogP contribution in [0.25, 0.3) is 0 Å². The minimum absolute atomic E-state index is 0.172. The van der Waals surface area contributed by atoms with Gasteiger partial charge in [0.15, 0.2) is 0 Å². The Morgan fingerprint density at radius 1 is 1.26 bits per heavy atom. The van der Waals surface area contributed by atoms with Crippen LogP contribution in [0.3, 0.4) is 0 Å². The first-order valence-corrected chi connectivity index (χ1v) is 6.94. The van der Waals surface area contributed by atoms with Gasteiger partial charge in [-0.1, -0.05) is 11.6 Å². The number of benzene rings is 1. The lowest BCUT2D eigenvalue weighted by molar-refractivity contribution is 0.600. The smallest absolute Gasteiger partial charge is 0.263 e. The number of nitrogens with one attached hydrogen (secondary N) is 1. The average molecular weight is 302 g/mol. The second-order valence-electron chi connectivity index (χ2n) is 3.66. The van der Waals surface area contributed by atoms with Crippen molar-refractivity contribution >= 4 is 33.0 Å². The maximum atomic E-state index is 12.9. The van der Waals surface area contributed by atoms with Crippen LogP contribution in [0.5, 0.6) is 0 Å². The second-order valence-corrected chi connectivity index (χ2v) is 5.70. The number of hydrogen-bond acceptors (Lipinski definition) is 4. The third-order valence-electron chi connectivity index (χ3n) is 2.24. The third-order valence-corrected chi connectivity index (χ3v) is 3.92. The van der Waals surface area contributed by atoms with E-state index in [-0.39, 0.29) is 21.4 Å². The molecule has 0 saturated heterocycles. The lowest BCUT2D eigenvalue weighted by atomic mass is 10.3. The molecule has 0 aliphatic heterocycles. The molecule has 0 atom stereocenters. The SMILES string of the molecule is Nc1cc(F)ccc1S(=O)(=O)Nc1ccc(Cl)nc1. The van der Waals surface area contributed by atoms with Gasteiger partial charge in [-0.2, -0.15) is 0 Å². The van der Waals surface area contributed by atoms with Gasteiger partial charge in [-0.15, -0.1) is 0 Å². The molecule has 0 radical (unpaired) electrons. The van der Waals surface area contributed by atoms with Crippen molar-refractivity contribution in [1.82, 2.24) is 4.98 Å². The molecule has 1 aromatic heterocycles. The molecule has 100 valence electrons. The summed E-state index contributed by atoms with van der Waals surface area (Å²) in [6.45, 7) is 0. The van der Waals surface area contributed by atoms with E-state index in [4.69, 9.17) is 17.3 Å². The molecule has 2 aromatic rings. The first kappa shape index (κ1) is 13.6. The van der Waals surface area contributed by atoms with Crippen LogP contribution in [-0.4, -0.2) is 13.4 Å². The van der Waals surface area contributed by atoms with Gasteiger partial charge in [0.05, 0.1) is 17.6 Å². The highest BCUT2D eigenvalue weighted by molar-refractivity contribution is 7.92. The molecule has 19 heavy (non-hydrogen) atoms. The molecule has 1 aromatic carbocycles. The molecular weight excluding hydrogens is 293 g/mol. The predicted molar refractivity (Wildman–Crippen MR) is 70.9 cm³/mol. The molecule has 2 rings (SSSR count). The monoisotopic (exact) mass is 301 g/mol. The molecule has 0 bridgehead atoms. The molecule has 0 fully saturated rings. The van der Waals surface area contributed by atoms with Gasteiger partial charge in [0, 0.05) is 0 Å². The molecule has 0 amide bonds. The number of aromatic nitrogens is 1. The summed E-state index contributed by atoms with van der Waals surface area (Å²) in [4.78, 5) is 3.54. The molecule has 5 nitrogen and oxygen atoms in total. The zero-order valence-electron chi connectivity index (χ0n) is 9.47. The highest BCUT2D eigenvalue weighted by atomic mass is 35.5. The zero-order chi connectivity index (χ0) is 14.0. The Balaban J connectivity index is 2.35. The number of sulfonamides is 1. The van der Waals surface area contributed by atoms with Crippen molar-refractivity contribution < 1.29 is 12.8 Å². The van der Waals surface area contributed by atoms with Crippen LogP contribution in [0.1, 0.15) is 0 Å². The first-order valence-electron chi connectivity index (χ1n) is 5.08. The molecule has 0 aliphatic carbocycles. The fraction of sp³-hybridized carbons (Fsp3) is 0. The van der Waals surface area contributed by atoms with Crippen molar-refractivity contribution in [3.05, 3.63) is 47.5 Å². The van der Waals surface area contributed by atoms with Gasteiger partial charge in [-0.05, 0) is 30.3 Å². The zero-order valence-corrected chi connectivity index (χ0v) is 11.0. The molecule has 3 N–H and O–H groups in total. The molecule has 8 heteroatoms. The highest BCUT2D eigenvalue weighted by Gasteiger charge is 2.18. The Kier molecular flexibility index (Phi) is 3.59. The van der Waals surface area contributed by atoms with Gasteiger partial charge < -0.3 is 5.73 Å². The number of nitrogens with zero attached hydrogens (tertiary/aromatic N) is 1. The maximum Gasteiger partial charge on any atom is 0.263 e. The van der Waals surface area contributed by atoms with Crippen molar-refractivity contribution in [2.24, 2.45) is 0 Å². The Morgan fingerprint density at radius 2 is 2.00 bits per heavy atom. The normalized spacial score (nSPS) is 11.3. The van der Waals surface area contributed by atoms with E-state index in [0.717, 1.165) is 18.2 Å². The van der Waals surface area contributed by atoms with Crippen LogP contribution in [0.15, 0.2) is 41.4 Å². The number of halogens is 2. The van der Waals surface area contributed by atoms with Crippen molar-refractivity contribution in [2.75, 3.05) is 10.5 Å². The van der Waals surface area contributed by atoms with Crippen LogP contribution in [0.4, 0.5) is 15.8 Å². The lowest BCUT2D eigenvalue weighted by Gasteiger charge is -2.09. The quantitative estimate of drug-likeness (QED) is 0.672. The van der Waals surface area contributed by atoms with E-state index < -0.39 is 15.8 Å². The average Bonchev–Trinajstić information content (AvgIpc) is 2.31. The van der Waals surface area contributed by atoms with Crippen LogP contribution in [0.2, 0.25) is 5.15 Å². The van der Waals surface area contributed by atoms with Gasteiger partial charge in [0.2, 0.25) is 0 Å². The molecule has 0 unspecified atom stereocenters. The third kappa shape index (κ3) is 3.12. The van der Waals surface area contributed by atoms with Gasteiger partial charge >= 0.3 is 0 Å². The van der Waals surface area contributed by atoms with Gasteiger partial charge in [-0.25, -0.2) is 17.8 Å². The number of rotatable bonds is 3. The van der Waals surface area contributed by atoms with Crippen molar-refractivity contribution in [2.45, 2.75) is 4.90 Å². The molecule has 0 aliphatic rings.